The molecule has 0 aromatic carbocycles. The molecule has 20 heavy (non-hydrogen) atoms. The minimum atomic E-state index is 0.435. The van der Waals surface area contributed by atoms with Crippen molar-refractivity contribution >= 4 is 0 Å². The van der Waals surface area contributed by atoms with E-state index in [1.807, 2.05) is 0 Å². The zero-order valence-corrected chi connectivity index (χ0v) is 16.0. The van der Waals surface area contributed by atoms with Crippen LogP contribution in [0, 0.1) is 22.7 Å². The highest BCUT2D eigenvalue weighted by Gasteiger charge is 2.25. The smallest absolute Gasteiger partial charge is 0.0115 e. The molecule has 1 heteroatoms. The van der Waals surface area contributed by atoms with Gasteiger partial charge in [-0.05, 0) is 62.4 Å². The summed E-state index contributed by atoms with van der Waals surface area (Å²) in [5, 5.41) is 0. The summed E-state index contributed by atoms with van der Waals surface area (Å²) < 4.78 is 0. The summed E-state index contributed by atoms with van der Waals surface area (Å²) in [7, 11) is 4.50. The van der Waals surface area contributed by atoms with Gasteiger partial charge in [0.15, 0.2) is 0 Å². The van der Waals surface area contributed by atoms with E-state index in [0.29, 0.717) is 10.8 Å². The molecular weight excluding hydrogens is 242 g/mol. The molecule has 0 aliphatic carbocycles. The molecule has 1 nitrogen and oxygen atoms in total. The van der Waals surface area contributed by atoms with E-state index < -0.39 is 0 Å². The average molecular weight is 284 g/mol. The molecule has 0 aromatic rings. The number of hydrogen-bond acceptors (Lipinski definition) is 1. The van der Waals surface area contributed by atoms with Crippen LogP contribution in [0.4, 0.5) is 0 Å². The van der Waals surface area contributed by atoms with Crippen LogP contribution in [0.3, 0.4) is 0 Å². The predicted octanol–water partition coefficient (Wildman–Crippen LogP) is 5.84. The van der Waals surface area contributed by atoms with E-state index in [-0.39, 0.29) is 0 Å². The van der Waals surface area contributed by atoms with Crippen LogP contribution in [0.5, 0.6) is 0 Å². The second-order valence-corrected chi connectivity index (χ2v) is 9.72. The first-order valence-corrected chi connectivity index (χ1v) is 8.48. The van der Waals surface area contributed by atoms with Gasteiger partial charge in [0.1, 0.15) is 0 Å². The monoisotopic (exact) mass is 283 g/mol. The number of nitrogens with zero attached hydrogens (tertiary/aromatic N) is 1. The van der Waals surface area contributed by atoms with Crippen LogP contribution in [0.1, 0.15) is 81.1 Å². The van der Waals surface area contributed by atoms with E-state index in [1.54, 1.807) is 0 Å². The van der Waals surface area contributed by atoms with E-state index in [4.69, 9.17) is 0 Å². The van der Waals surface area contributed by atoms with Crippen molar-refractivity contribution in [2.75, 3.05) is 14.1 Å². The van der Waals surface area contributed by atoms with Crippen molar-refractivity contribution in [1.82, 2.24) is 4.90 Å². The Morgan fingerprint density at radius 3 is 1.55 bits per heavy atom. The Morgan fingerprint density at radius 1 is 0.750 bits per heavy atom. The van der Waals surface area contributed by atoms with Gasteiger partial charge in [-0.15, -0.1) is 0 Å². The Morgan fingerprint density at radius 2 is 1.20 bits per heavy atom. The molecule has 0 bridgehead atoms. The normalized spacial score (nSPS) is 18.1. The van der Waals surface area contributed by atoms with Crippen LogP contribution in [0.25, 0.3) is 0 Å². The van der Waals surface area contributed by atoms with Crippen molar-refractivity contribution in [1.29, 1.82) is 0 Å². The van der Waals surface area contributed by atoms with Gasteiger partial charge < -0.3 is 4.90 Å². The zero-order chi connectivity index (χ0) is 16.1. The Bertz CT molecular complexity index is 254. The highest BCUT2D eigenvalue weighted by molar-refractivity contribution is 4.79. The van der Waals surface area contributed by atoms with E-state index in [1.165, 1.54) is 25.7 Å². The third-order valence-corrected chi connectivity index (χ3v) is 4.17. The maximum atomic E-state index is 2.44. The Hall–Kier alpha value is -0.0400. The molecule has 0 radical (unpaired) electrons. The summed E-state index contributed by atoms with van der Waals surface area (Å²) in [6, 6.07) is 0.719. The third kappa shape index (κ3) is 9.80. The summed E-state index contributed by atoms with van der Waals surface area (Å²) >= 11 is 0. The fraction of sp³-hybridized carbons (Fsp3) is 1.00. The number of hydrogen-bond donors (Lipinski definition) is 0. The SMILES string of the molecule is CC(CCC(C(C)CC(C)(C)C)N(C)C)CC(C)(C)C. The summed E-state index contributed by atoms with van der Waals surface area (Å²) in [6.07, 6.45) is 5.33. The van der Waals surface area contributed by atoms with Gasteiger partial charge in [0.05, 0.1) is 0 Å². The summed E-state index contributed by atoms with van der Waals surface area (Å²) in [6.45, 7) is 19.0. The lowest BCUT2D eigenvalue weighted by molar-refractivity contribution is 0.152. The second-order valence-electron chi connectivity index (χ2n) is 9.72. The molecule has 3 atom stereocenters. The van der Waals surface area contributed by atoms with Crippen molar-refractivity contribution in [3.63, 3.8) is 0 Å². The van der Waals surface area contributed by atoms with Gasteiger partial charge in [-0.25, -0.2) is 0 Å². The summed E-state index contributed by atoms with van der Waals surface area (Å²) in [5.41, 5.74) is 0.898. The molecule has 0 saturated carbocycles. The van der Waals surface area contributed by atoms with Gasteiger partial charge in [0.2, 0.25) is 0 Å². The van der Waals surface area contributed by atoms with Crippen molar-refractivity contribution in [2.24, 2.45) is 22.7 Å². The first-order chi connectivity index (χ1) is 8.82. The molecule has 0 spiro atoms. The van der Waals surface area contributed by atoms with Crippen molar-refractivity contribution in [2.45, 2.75) is 87.1 Å². The lowest BCUT2D eigenvalue weighted by Crippen LogP contribution is -2.36. The zero-order valence-electron chi connectivity index (χ0n) is 16.0. The average Bonchev–Trinajstić information content (AvgIpc) is 2.10. The quantitative estimate of drug-likeness (QED) is 0.567. The van der Waals surface area contributed by atoms with Crippen molar-refractivity contribution < 1.29 is 0 Å². The largest absolute Gasteiger partial charge is 0.306 e. The molecule has 0 amide bonds. The van der Waals surface area contributed by atoms with Crippen LogP contribution in [-0.2, 0) is 0 Å². The lowest BCUT2D eigenvalue weighted by atomic mass is 9.78. The minimum absolute atomic E-state index is 0.435. The van der Waals surface area contributed by atoms with E-state index in [9.17, 15) is 0 Å². The topological polar surface area (TPSA) is 3.24 Å². The first kappa shape index (κ1) is 20.0. The van der Waals surface area contributed by atoms with E-state index in [0.717, 1.165) is 17.9 Å². The molecule has 0 N–H and O–H groups in total. The molecule has 0 rings (SSSR count). The van der Waals surface area contributed by atoms with Gasteiger partial charge in [-0.2, -0.15) is 0 Å². The summed E-state index contributed by atoms with van der Waals surface area (Å²) in [4.78, 5) is 2.44. The highest BCUT2D eigenvalue weighted by Crippen LogP contribution is 2.32. The molecule has 0 heterocycles. The molecule has 122 valence electrons. The predicted molar refractivity (Wildman–Crippen MR) is 93.2 cm³/mol. The van der Waals surface area contributed by atoms with Gasteiger partial charge >= 0.3 is 0 Å². The Labute approximate surface area is 129 Å². The van der Waals surface area contributed by atoms with E-state index in [2.05, 4.69) is 74.4 Å². The van der Waals surface area contributed by atoms with Crippen LogP contribution < -0.4 is 0 Å². The van der Waals surface area contributed by atoms with Crippen LogP contribution in [0.2, 0.25) is 0 Å². The summed E-state index contributed by atoms with van der Waals surface area (Å²) in [5.74, 6) is 1.60. The van der Waals surface area contributed by atoms with Crippen LogP contribution in [-0.4, -0.2) is 25.0 Å². The Kier molecular flexibility index (Phi) is 7.81. The number of rotatable bonds is 7. The third-order valence-electron chi connectivity index (χ3n) is 4.17. The maximum Gasteiger partial charge on any atom is 0.0115 e. The van der Waals surface area contributed by atoms with Gasteiger partial charge in [0, 0.05) is 6.04 Å². The van der Waals surface area contributed by atoms with Gasteiger partial charge in [-0.1, -0.05) is 55.4 Å². The molecule has 0 saturated heterocycles. The Balaban J connectivity index is 4.42. The first-order valence-electron chi connectivity index (χ1n) is 8.48. The molecule has 3 unspecified atom stereocenters. The van der Waals surface area contributed by atoms with Gasteiger partial charge in [0.25, 0.3) is 0 Å². The lowest BCUT2D eigenvalue weighted by Gasteiger charge is -2.35. The standard InChI is InChI=1S/C19H41N/c1-15(13-18(3,4)5)11-12-17(20(9)10)16(2)14-19(6,7)8/h15-17H,11-14H2,1-10H3. The minimum Gasteiger partial charge on any atom is -0.306 e. The molecular formula is C19H41N. The maximum absolute atomic E-state index is 2.44. The van der Waals surface area contributed by atoms with Crippen molar-refractivity contribution in [3.05, 3.63) is 0 Å². The second kappa shape index (κ2) is 7.82. The fourth-order valence-corrected chi connectivity index (χ4v) is 3.76. The highest BCUT2D eigenvalue weighted by atomic mass is 15.1. The fourth-order valence-electron chi connectivity index (χ4n) is 3.76. The molecule has 0 fully saturated rings. The molecule has 0 aliphatic rings. The van der Waals surface area contributed by atoms with Gasteiger partial charge in [-0.3, -0.25) is 0 Å². The molecule has 0 aromatic heterocycles. The van der Waals surface area contributed by atoms with Crippen LogP contribution in [0.15, 0.2) is 0 Å². The van der Waals surface area contributed by atoms with Crippen LogP contribution >= 0.6 is 0 Å². The van der Waals surface area contributed by atoms with E-state index >= 15 is 0 Å². The van der Waals surface area contributed by atoms with Crippen molar-refractivity contribution in [3.8, 4) is 0 Å². The molecule has 0 aliphatic heterocycles.